The van der Waals surface area contributed by atoms with Crippen LogP contribution >= 0.6 is 12.6 Å². The van der Waals surface area contributed by atoms with Gasteiger partial charge in [-0.05, 0) is 38.2 Å². The van der Waals surface area contributed by atoms with Gasteiger partial charge in [-0.25, -0.2) is 4.98 Å². The number of nitrogens with zero attached hydrogens (tertiary/aromatic N) is 2. The van der Waals surface area contributed by atoms with E-state index in [1.165, 1.54) is 24.3 Å². The summed E-state index contributed by atoms with van der Waals surface area (Å²) in [6.45, 7) is 1.23. The van der Waals surface area contributed by atoms with Gasteiger partial charge in [0.05, 0.1) is 24.9 Å². The molecular formula is C36H52N12O10S. The van der Waals surface area contributed by atoms with Crippen LogP contribution in [0.25, 0.3) is 0 Å². The Labute approximate surface area is 344 Å². The number of aliphatic hydroxyl groups excluding tert-OH is 1. The van der Waals surface area contributed by atoms with Crippen molar-refractivity contribution in [3.8, 4) is 0 Å². The number of hydrogen-bond donors (Lipinski definition) is 12. The van der Waals surface area contributed by atoms with E-state index in [4.69, 9.17) is 22.9 Å². The molecule has 0 radical (unpaired) electrons. The van der Waals surface area contributed by atoms with Crippen LogP contribution in [0.15, 0.2) is 42.9 Å². The van der Waals surface area contributed by atoms with Crippen molar-refractivity contribution < 1.29 is 48.3 Å². The van der Waals surface area contributed by atoms with Gasteiger partial charge in [0.15, 0.2) is 0 Å². The lowest BCUT2D eigenvalue weighted by atomic mass is 10.1. The molecule has 3 rings (SSSR count). The first-order chi connectivity index (χ1) is 27.9. The lowest BCUT2D eigenvalue weighted by Crippen LogP contribution is -2.61. The Morgan fingerprint density at radius 2 is 1.47 bits per heavy atom. The first-order valence-corrected chi connectivity index (χ1v) is 19.3. The lowest BCUT2D eigenvalue weighted by molar-refractivity contribution is -0.142. The largest absolute Gasteiger partial charge is 0.391 e. The third-order valence-electron chi connectivity index (χ3n) is 9.32. The molecule has 1 aliphatic rings. The quantitative estimate of drug-likeness (QED) is 0.0468. The zero-order valence-electron chi connectivity index (χ0n) is 32.3. The summed E-state index contributed by atoms with van der Waals surface area (Å²) >= 11 is 4.23. The van der Waals surface area contributed by atoms with Crippen LogP contribution in [0.5, 0.6) is 0 Å². The van der Waals surface area contributed by atoms with Gasteiger partial charge in [-0.2, -0.15) is 12.6 Å². The fourth-order valence-corrected chi connectivity index (χ4v) is 6.47. The molecule has 22 nitrogen and oxygen atoms in total. The van der Waals surface area contributed by atoms with Gasteiger partial charge in [0.1, 0.15) is 36.3 Å². The number of aromatic amines is 1. The van der Waals surface area contributed by atoms with Gasteiger partial charge in [0.2, 0.25) is 53.2 Å². The van der Waals surface area contributed by atoms with Gasteiger partial charge in [-0.3, -0.25) is 43.2 Å². The van der Waals surface area contributed by atoms with Crippen LogP contribution < -0.4 is 49.5 Å². The van der Waals surface area contributed by atoms with Crippen LogP contribution in [0.2, 0.25) is 0 Å². The fraction of sp³-hybridized carbons (Fsp3) is 0.500. The number of rotatable bonds is 23. The van der Waals surface area contributed by atoms with E-state index in [9.17, 15) is 48.3 Å². The molecule has 1 saturated heterocycles. The van der Waals surface area contributed by atoms with Crippen LogP contribution in [0.1, 0.15) is 50.3 Å². The fourth-order valence-electron chi connectivity index (χ4n) is 6.21. The highest BCUT2D eigenvalue weighted by Gasteiger charge is 2.40. The molecule has 15 N–H and O–H groups in total. The van der Waals surface area contributed by atoms with Crippen molar-refractivity contribution in [1.29, 1.82) is 0 Å². The number of carbonyl (C=O) groups excluding carboxylic acids is 9. The standard InChI is InChI=1S/C36H52N12O10S/c1-18(49)29(30(40)52)47-33(55)23(14-28(39)51)44-32(54)22(9-10-27(38)50)43-35(57)26-8-5-11-48(26)36(58)24(13-20-15-41-17-42-20)45-34(56)25(16-59)46-31(53)21(37)12-19-6-3-2-4-7-19/h2-4,6-7,15,17-18,21-26,29,49,59H,5,8-14,16,37H2,1H3,(H2,38,50)(H2,39,51)(H2,40,52)(H,41,42)(H,43,57)(H,44,54)(H,45,56)(H,46,53)(H,47,55)/t18-,21+,22+,23+,24+,25+,26+,29+/m1/s1. The number of benzene rings is 1. The predicted octanol–water partition coefficient (Wildman–Crippen LogP) is -5.13. The van der Waals surface area contributed by atoms with E-state index in [1.54, 1.807) is 24.3 Å². The monoisotopic (exact) mass is 844 g/mol. The molecule has 1 fully saturated rings. The zero-order chi connectivity index (χ0) is 43.8. The molecule has 1 aromatic heterocycles. The number of nitrogens with one attached hydrogen (secondary N) is 6. The van der Waals surface area contributed by atoms with Crippen molar-refractivity contribution in [2.45, 2.75) is 100 Å². The number of carbonyl (C=O) groups is 9. The summed E-state index contributed by atoms with van der Waals surface area (Å²) in [6.07, 6.45) is 0.356. The Balaban J connectivity index is 1.79. The average molecular weight is 845 g/mol. The van der Waals surface area contributed by atoms with Crippen LogP contribution in [-0.4, -0.2) is 134 Å². The molecule has 0 unspecified atom stereocenters. The molecule has 322 valence electrons. The van der Waals surface area contributed by atoms with E-state index in [-0.39, 0.29) is 38.0 Å². The van der Waals surface area contributed by atoms with E-state index in [1.807, 2.05) is 6.07 Å². The first kappa shape index (κ1) is 47.3. The van der Waals surface area contributed by atoms with Gasteiger partial charge in [0, 0.05) is 37.0 Å². The Kier molecular flexibility index (Phi) is 18.2. The number of aromatic nitrogens is 2. The molecule has 0 saturated carbocycles. The molecule has 1 aliphatic heterocycles. The summed E-state index contributed by atoms with van der Waals surface area (Å²) in [4.78, 5) is 124. The Bertz CT molecular complexity index is 1820. The Hall–Kier alpha value is -6.07. The van der Waals surface area contributed by atoms with Crippen LogP contribution in [-0.2, 0) is 56.0 Å². The summed E-state index contributed by atoms with van der Waals surface area (Å²) in [5, 5.41) is 22.0. The Morgan fingerprint density at radius 1 is 0.847 bits per heavy atom. The predicted molar refractivity (Wildman–Crippen MR) is 212 cm³/mol. The van der Waals surface area contributed by atoms with E-state index in [0.29, 0.717) is 12.1 Å². The molecular weight excluding hydrogens is 793 g/mol. The minimum Gasteiger partial charge on any atom is -0.391 e. The van der Waals surface area contributed by atoms with Crippen LogP contribution in [0.4, 0.5) is 0 Å². The van der Waals surface area contributed by atoms with E-state index < -0.39 is 114 Å². The summed E-state index contributed by atoms with van der Waals surface area (Å²) in [7, 11) is 0. The molecule has 0 bridgehead atoms. The van der Waals surface area contributed by atoms with Gasteiger partial charge in [-0.1, -0.05) is 30.3 Å². The maximum Gasteiger partial charge on any atom is 0.246 e. The van der Waals surface area contributed by atoms with Crippen molar-refractivity contribution in [2.75, 3.05) is 12.3 Å². The van der Waals surface area contributed by atoms with Crippen molar-refractivity contribution in [3.05, 3.63) is 54.1 Å². The van der Waals surface area contributed by atoms with Crippen molar-refractivity contribution in [3.63, 3.8) is 0 Å². The SMILES string of the molecule is C[C@@H](O)[C@H](NC(=O)[C@H](CC(N)=O)NC(=O)[C@H](CCC(N)=O)NC(=O)[C@@H]1CCCN1C(=O)[C@H](Cc1cnc[nH]1)NC(=O)[C@H](CS)NC(=O)[C@@H](N)Cc1ccccc1)C(N)=O. The summed E-state index contributed by atoms with van der Waals surface area (Å²) in [6, 6.07) is -0.520. The topological polar surface area (TPSA) is 370 Å². The Morgan fingerprint density at radius 3 is 2.05 bits per heavy atom. The number of primary amides is 3. The highest BCUT2D eigenvalue weighted by molar-refractivity contribution is 7.80. The van der Waals surface area contributed by atoms with Gasteiger partial charge in [0.25, 0.3) is 0 Å². The van der Waals surface area contributed by atoms with Crippen molar-refractivity contribution in [2.24, 2.45) is 22.9 Å². The zero-order valence-corrected chi connectivity index (χ0v) is 33.2. The van der Waals surface area contributed by atoms with E-state index in [0.717, 1.165) is 5.56 Å². The van der Waals surface area contributed by atoms with E-state index in [2.05, 4.69) is 49.2 Å². The number of likely N-dealkylation sites (tertiary alicyclic amines) is 1. The third-order valence-corrected chi connectivity index (χ3v) is 9.69. The maximum absolute atomic E-state index is 14.2. The molecule has 1 aromatic carbocycles. The molecule has 9 amide bonds. The number of amides is 9. The van der Waals surface area contributed by atoms with Crippen molar-refractivity contribution in [1.82, 2.24) is 41.5 Å². The second-order valence-electron chi connectivity index (χ2n) is 14.0. The third kappa shape index (κ3) is 14.7. The second-order valence-corrected chi connectivity index (χ2v) is 14.4. The molecule has 0 spiro atoms. The molecule has 2 heterocycles. The summed E-state index contributed by atoms with van der Waals surface area (Å²) in [5.74, 6) is -8.22. The number of nitrogens with two attached hydrogens (primary N) is 4. The molecule has 2 aromatic rings. The van der Waals surface area contributed by atoms with Crippen molar-refractivity contribution >= 4 is 65.8 Å². The second kappa shape index (κ2) is 22.8. The molecule has 23 heteroatoms. The summed E-state index contributed by atoms with van der Waals surface area (Å²) in [5.41, 5.74) is 23.2. The van der Waals surface area contributed by atoms with Crippen LogP contribution in [0, 0.1) is 0 Å². The maximum atomic E-state index is 14.2. The molecule has 0 aliphatic carbocycles. The highest BCUT2D eigenvalue weighted by Crippen LogP contribution is 2.20. The van der Waals surface area contributed by atoms with Gasteiger partial charge in [-0.15, -0.1) is 0 Å². The van der Waals surface area contributed by atoms with Gasteiger partial charge >= 0.3 is 0 Å². The first-order valence-electron chi connectivity index (χ1n) is 18.7. The van der Waals surface area contributed by atoms with E-state index >= 15 is 0 Å². The minimum absolute atomic E-state index is 0.0661. The smallest absolute Gasteiger partial charge is 0.246 e. The normalized spacial score (nSPS) is 17.2. The number of aliphatic hydroxyl groups is 1. The van der Waals surface area contributed by atoms with Crippen LogP contribution in [0.3, 0.4) is 0 Å². The number of hydrogen-bond acceptors (Lipinski definition) is 13. The lowest BCUT2D eigenvalue weighted by Gasteiger charge is -2.31. The number of thiol groups is 1. The minimum atomic E-state index is -1.71. The molecule has 59 heavy (non-hydrogen) atoms. The average Bonchev–Trinajstić information content (AvgIpc) is 3.89. The number of imidazole rings is 1. The highest BCUT2D eigenvalue weighted by atomic mass is 32.1. The molecule has 8 atom stereocenters. The van der Waals surface area contributed by atoms with Gasteiger partial charge < -0.3 is 64.5 Å². The summed E-state index contributed by atoms with van der Waals surface area (Å²) < 4.78 is 0. The number of H-pyrrole nitrogens is 1.